The summed E-state index contributed by atoms with van der Waals surface area (Å²) in [5.41, 5.74) is 1.45. The van der Waals surface area contributed by atoms with E-state index in [2.05, 4.69) is 35.2 Å². The predicted molar refractivity (Wildman–Crippen MR) is 57.3 cm³/mol. The Balaban J connectivity index is 1.78. The van der Waals surface area contributed by atoms with E-state index in [1.807, 2.05) is 0 Å². The molecule has 0 spiro atoms. The first-order valence-corrected chi connectivity index (χ1v) is 5.28. The molecule has 2 nitrogen and oxygen atoms in total. The fraction of sp³-hybridized carbons (Fsp3) is 0.500. The molecule has 1 saturated heterocycles. The number of benzene rings is 1. The lowest BCUT2D eigenvalue weighted by molar-refractivity contribution is 0.134. The highest BCUT2D eigenvalue weighted by Crippen LogP contribution is 2.26. The molecule has 76 valence electrons. The van der Waals surface area contributed by atoms with E-state index in [-0.39, 0.29) is 0 Å². The van der Waals surface area contributed by atoms with Crippen molar-refractivity contribution in [2.75, 3.05) is 26.2 Å². The van der Waals surface area contributed by atoms with E-state index in [1.165, 1.54) is 5.56 Å². The smallest absolute Gasteiger partial charge is 0.0443 e. The fourth-order valence-corrected chi connectivity index (χ4v) is 1.98. The Morgan fingerprint density at radius 1 is 1.21 bits per heavy atom. The number of hydrogen-bond acceptors (Lipinski definition) is 2. The molecule has 0 unspecified atom stereocenters. The molecule has 1 heterocycles. The molecule has 1 aliphatic heterocycles. The van der Waals surface area contributed by atoms with Crippen LogP contribution in [0.3, 0.4) is 0 Å². The minimum Gasteiger partial charge on any atom is -0.396 e. The van der Waals surface area contributed by atoms with Crippen LogP contribution in [0.15, 0.2) is 30.3 Å². The highest BCUT2D eigenvalue weighted by Gasteiger charge is 2.26. The maximum atomic E-state index is 8.69. The van der Waals surface area contributed by atoms with Gasteiger partial charge in [-0.1, -0.05) is 30.3 Å². The molecule has 1 N–H and O–H groups in total. The van der Waals surface area contributed by atoms with Gasteiger partial charge in [-0.15, -0.1) is 0 Å². The van der Waals surface area contributed by atoms with Crippen molar-refractivity contribution < 1.29 is 5.11 Å². The molecule has 14 heavy (non-hydrogen) atoms. The first-order chi connectivity index (χ1) is 6.90. The van der Waals surface area contributed by atoms with E-state index in [9.17, 15) is 0 Å². The number of likely N-dealkylation sites (tertiary alicyclic amines) is 1. The molecule has 1 aromatic carbocycles. The zero-order chi connectivity index (χ0) is 9.80. The quantitative estimate of drug-likeness (QED) is 0.779. The highest BCUT2D eigenvalue weighted by molar-refractivity contribution is 5.22. The zero-order valence-electron chi connectivity index (χ0n) is 8.39. The lowest BCUT2D eigenvalue weighted by Gasteiger charge is -2.39. The van der Waals surface area contributed by atoms with Crippen LogP contribution in [0.1, 0.15) is 17.9 Å². The average Bonchev–Trinajstić information content (AvgIpc) is 2.17. The van der Waals surface area contributed by atoms with E-state index >= 15 is 0 Å². The van der Waals surface area contributed by atoms with E-state index in [4.69, 9.17) is 5.11 Å². The third-order valence-corrected chi connectivity index (χ3v) is 2.86. The van der Waals surface area contributed by atoms with Crippen molar-refractivity contribution in [3.05, 3.63) is 35.9 Å². The second kappa shape index (κ2) is 4.58. The zero-order valence-corrected chi connectivity index (χ0v) is 8.39. The van der Waals surface area contributed by atoms with E-state index < -0.39 is 0 Å². The van der Waals surface area contributed by atoms with Gasteiger partial charge in [-0.25, -0.2) is 0 Å². The van der Waals surface area contributed by atoms with Gasteiger partial charge in [-0.05, 0) is 12.0 Å². The van der Waals surface area contributed by atoms with Crippen LogP contribution < -0.4 is 0 Å². The Bertz CT molecular complexity index is 267. The van der Waals surface area contributed by atoms with Crippen molar-refractivity contribution in [2.45, 2.75) is 12.3 Å². The normalized spacial score (nSPS) is 18.1. The van der Waals surface area contributed by atoms with Crippen LogP contribution in [-0.2, 0) is 0 Å². The van der Waals surface area contributed by atoms with Gasteiger partial charge in [0.25, 0.3) is 0 Å². The van der Waals surface area contributed by atoms with Gasteiger partial charge in [0.1, 0.15) is 0 Å². The standard InChI is InChI=1S/C12H17NO/c14-8-4-7-13-9-12(10-13)11-5-2-1-3-6-11/h1-3,5-6,12,14H,4,7-10H2. The van der Waals surface area contributed by atoms with Gasteiger partial charge in [0.05, 0.1) is 0 Å². The van der Waals surface area contributed by atoms with Gasteiger partial charge in [-0.3, -0.25) is 0 Å². The van der Waals surface area contributed by atoms with Crippen molar-refractivity contribution >= 4 is 0 Å². The van der Waals surface area contributed by atoms with Gasteiger partial charge >= 0.3 is 0 Å². The lowest BCUT2D eigenvalue weighted by Crippen LogP contribution is -2.45. The third kappa shape index (κ3) is 2.14. The average molecular weight is 191 g/mol. The van der Waals surface area contributed by atoms with Crippen LogP contribution in [0.4, 0.5) is 0 Å². The third-order valence-electron chi connectivity index (χ3n) is 2.86. The molecule has 0 aliphatic carbocycles. The van der Waals surface area contributed by atoms with E-state index in [0.717, 1.165) is 32.0 Å². The first kappa shape index (κ1) is 9.69. The van der Waals surface area contributed by atoms with Gasteiger partial charge in [0.15, 0.2) is 0 Å². The summed E-state index contributed by atoms with van der Waals surface area (Å²) in [4.78, 5) is 2.40. The maximum absolute atomic E-state index is 8.69. The second-order valence-electron chi connectivity index (χ2n) is 3.94. The molecule has 0 amide bonds. The van der Waals surface area contributed by atoms with Crippen LogP contribution in [0, 0.1) is 0 Å². The Morgan fingerprint density at radius 3 is 2.57 bits per heavy atom. The van der Waals surface area contributed by atoms with Gasteiger partial charge in [-0.2, -0.15) is 0 Å². The Hall–Kier alpha value is -0.860. The van der Waals surface area contributed by atoms with Crippen LogP contribution in [0.2, 0.25) is 0 Å². The Labute approximate surface area is 85.2 Å². The number of rotatable bonds is 4. The number of aliphatic hydroxyl groups excluding tert-OH is 1. The summed E-state index contributed by atoms with van der Waals surface area (Å²) in [6.07, 6.45) is 0.904. The Morgan fingerprint density at radius 2 is 1.93 bits per heavy atom. The predicted octanol–water partition coefficient (Wildman–Crippen LogP) is 1.47. The largest absolute Gasteiger partial charge is 0.396 e. The van der Waals surface area contributed by atoms with Crippen LogP contribution in [0.5, 0.6) is 0 Å². The summed E-state index contributed by atoms with van der Waals surface area (Å²) in [5.74, 6) is 0.717. The maximum Gasteiger partial charge on any atom is 0.0443 e. The topological polar surface area (TPSA) is 23.5 Å². The summed E-state index contributed by atoms with van der Waals surface area (Å²) >= 11 is 0. The summed E-state index contributed by atoms with van der Waals surface area (Å²) < 4.78 is 0. The fourth-order valence-electron chi connectivity index (χ4n) is 1.98. The first-order valence-electron chi connectivity index (χ1n) is 5.28. The SMILES string of the molecule is OCCCN1CC(c2ccccc2)C1. The van der Waals surface area contributed by atoms with Crippen molar-refractivity contribution in [3.63, 3.8) is 0 Å². The Kier molecular flexibility index (Phi) is 3.17. The molecule has 0 bridgehead atoms. The summed E-state index contributed by atoms with van der Waals surface area (Å²) in [5, 5.41) is 8.69. The highest BCUT2D eigenvalue weighted by atomic mass is 16.3. The molecule has 1 aliphatic rings. The number of hydrogen-bond donors (Lipinski definition) is 1. The van der Waals surface area contributed by atoms with Gasteiger partial charge in [0.2, 0.25) is 0 Å². The van der Waals surface area contributed by atoms with Crippen molar-refractivity contribution in [1.82, 2.24) is 4.90 Å². The van der Waals surface area contributed by atoms with Crippen LogP contribution in [0.25, 0.3) is 0 Å². The van der Waals surface area contributed by atoms with Gasteiger partial charge < -0.3 is 10.0 Å². The van der Waals surface area contributed by atoms with E-state index in [1.54, 1.807) is 0 Å². The summed E-state index contributed by atoms with van der Waals surface area (Å²) in [7, 11) is 0. The van der Waals surface area contributed by atoms with Crippen LogP contribution in [-0.4, -0.2) is 36.2 Å². The molecule has 0 saturated carbocycles. The molecule has 0 atom stereocenters. The van der Waals surface area contributed by atoms with Crippen molar-refractivity contribution in [1.29, 1.82) is 0 Å². The molecular weight excluding hydrogens is 174 g/mol. The minimum absolute atomic E-state index is 0.312. The summed E-state index contributed by atoms with van der Waals surface area (Å²) in [6, 6.07) is 10.7. The van der Waals surface area contributed by atoms with Crippen LogP contribution >= 0.6 is 0 Å². The summed E-state index contributed by atoms with van der Waals surface area (Å²) in [6.45, 7) is 3.67. The minimum atomic E-state index is 0.312. The molecule has 1 fully saturated rings. The van der Waals surface area contributed by atoms with Crippen molar-refractivity contribution in [2.24, 2.45) is 0 Å². The second-order valence-corrected chi connectivity index (χ2v) is 3.94. The lowest BCUT2D eigenvalue weighted by atomic mass is 9.91. The molecule has 0 aromatic heterocycles. The van der Waals surface area contributed by atoms with E-state index in [0.29, 0.717) is 6.61 Å². The molecule has 2 heteroatoms. The number of nitrogens with zero attached hydrogens (tertiary/aromatic N) is 1. The van der Waals surface area contributed by atoms with Crippen molar-refractivity contribution in [3.8, 4) is 0 Å². The van der Waals surface area contributed by atoms with Gasteiger partial charge in [0, 0.05) is 32.2 Å². The number of aliphatic hydroxyl groups is 1. The molecular formula is C12H17NO. The monoisotopic (exact) mass is 191 g/mol. The molecule has 0 radical (unpaired) electrons. The molecule has 1 aromatic rings. The molecule has 2 rings (SSSR count).